The fraction of sp³-hybridized carbons (Fsp3) is 0.486. The number of aliphatic carboxylic acids is 1. The van der Waals surface area contributed by atoms with E-state index in [9.17, 15) is 14.0 Å². The van der Waals surface area contributed by atoms with E-state index < -0.39 is 29.3 Å². The summed E-state index contributed by atoms with van der Waals surface area (Å²) in [5, 5.41) is 9.43. The van der Waals surface area contributed by atoms with Gasteiger partial charge in [-0.05, 0) is 64.3 Å². The number of ether oxygens (including phenoxy) is 3. The van der Waals surface area contributed by atoms with Crippen LogP contribution in [0.1, 0.15) is 46.5 Å². The molecule has 2 aliphatic rings. The van der Waals surface area contributed by atoms with E-state index in [1.54, 1.807) is 31.7 Å². The molecule has 54 heavy (non-hydrogen) atoms. The molecule has 2 aliphatic heterocycles. The molecular formula is C37H42ClF2N7O6S. The van der Waals surface area contributed by atoms with Crippen molar-refractivity contribution in [2.45, 2.75) is 58.1 Å². The summed E-state index contributed by atoms with van der Waals surface area (Å²) >= 11 is 7.77. The molecule has 2 fully saturated rings. The maximum atomic E-state index is 17.0. The van der Waals surface area contributed by atoms with E-state index in [0.29, 0.717) is 44.0 Å². The van der Waals surface area contributed by atoms with Gasteiger partial charge in [-0.2, -0.15) is 9.97 Å². The molecule has 0 radical (unpaired) electrons. The number of rotatable bonds is 12. The normalized spacial score (nSPS) is 16.6. The molecule has 3 N–H and O–H groups in total. The number of likely N-dealkylation sites (tertiary alicyclic amines) is 1. The topological polar surface area (TPSA) is 148 Å². The second-order valence-electron chi connectivity index (χ2n) is 14.2. The summed E-state index contributed by atoms with van der Waals surface area (Å²) in [5.74, 6) is -1.91. The number of thiophene rings is 1. The van der Waals surface area contributed by atoms with E-state index in [4.69, 9.17) is 48.2 Å². The molecule has 4 heterocycles. The first-order chi connectivity index (χ1) is 25.8. The van der Waals surface area contributed by atoms with Gasteiger partial charge in [0.2, 0.25) is 5.69 Å². The van der Waals surface area contributed by atoms with Crippen LogP contribution in [0.5, 0.6) is 6.01 Å². The molecule has 1 amide bonds. The lowest BCUT2D eigenvalue weighted by molar-refractivity contribution is -0.138. The van der Waals surface area contributed by atoms with Crippen molar-refractivity contribution in [1.29, 1.82) is 0 Å². The number of halogens is 3. The first kappa shape index (κ1) is 39.1. The first-order valence-corrected chi connectivity index (χ1v) is 18.9. The Kier molecular flexibility index (Phi) is 11.9. The number of anilines is 2. The summed E-state index contributed by atoms with van der Waals surface area (Å²) in [6.07, 6.45) is 2.08. The number of carbonyl (C=O) groups is 2. The van der Waals surface area contributed by atoms with Crippen molar-refractivity contribution < 1.29 is 37.7 Å². The lowest BCUT2D eigenvalue weighted by Crippen LogP contribution is -2.50. The van der Waals surface area contributed by atoms with Crippen LogP contribution in [0.3, 0.4) is 0 Å². The summed E-state index contributed by atoms with van der Waals surface area (Å²) < 4.78 is 49.3. The van der Waals surface area contributed by atoms with Crippen molar-refractivity contribution >= 4 is 72.5 Å². The van der Waals surface area contributed by atoms with Gasteiger partial charge < -0.3 is 34.9 Å². The fourth-order valence-corrected chi connectivity index (χ4v) is 8.05. The Hall–Kier alpha value is -4.56. The largest absolute Gasteiger partial charge is 0.481 e. The summed E-state index contributed by atoms with van der Waals surface area (Å²) in [4.78, 5) is 42.2. The smallest absolute Gasteiger partial charge is 0.410 e. The van der Waals surface area contributed by atoms with Crippen LogP contribution in [-0.2, 0) is 14.3 Å². The van der Waals surface area contributed by atoms with Gasteiger partial charge in [0.05, 0.1) is 34.3 Å². The lowest BCUT2D eigenvalue weighted by atomic mass is 9.98. The third-order valence-corrected chi connectivity index (χ3v) is 10.7. The van der Waals surface area contributed by atoms with Gasteiger partial charge in [0.15, 0.2) is 5.82 Å². The summed E-state index contributed by atoms with van der Waals surface area (Å²) in [6, 6.07) is 4.14. The average molecular weight is 786 g/mol. The molecule has 0 saturated carbocycles. The SMILES string of the molecule is [C-]#[N+]c1c(N)sc2c(F)ccc(-c3c(Cl)cc4c(N5CCN(C(=O)OC(C)(C)C)CC5)nc(OC[C@@H]5CCCN5CCCOCCC(=O)O)nc4c3F)c12. The maximum Gasteiger partial charge on any atom is 0.410 e. The van der Waals surface area contributed by atoms with Crippen LogP contribution in [0.25, 0.3) is 37.0 Å². The number of aromatic nitrogens is 2. The number of nitrogens with two attached hydrogens (primary N) is 1. The van der Waals surface area contributed by atoms with Crippen molar-refractivity contribution in [3.8, 4) is 17.1 Å². The van der Waals surface area contributed by atoms with Gasteiger partial charge in [0.25, 0.3) is 0 Å². The van der Waals surface area contributed by atoms with Crippen molar-refractivity contribution in [1.82, 2.24) is 19.8 Å². The summed E-state index contributed by atoms with van der Waals surface area (Å²) in [7, 11) is 0. The van der Waals surface area contributed by atoms with E-state index >= 15 is 4.39 Å². The van der Waals surface area contributed by atoms with Crippen molar-refractivity contribution in [2.24, 2.45) is 0 Å². The van der Waals surface area contributed by atoms with Crippen LogP contribution in [0, 0.1) is 18.2 Å². The highest BCUT2D eigenvalue weighted by Gasteiger charge is 2.31. The second-order valence-corrected chi connectivity index (χ2v) is 15.7. The number of benzene rings is 2. The monoisotopic (exact) mass is 785 g/mol. The Morgan fingerprint density at radius 1 is 1.15 bits per heavy atom. The molecule has 0 spiro atoms. The van der Waals surface area contributed by atoms with Crippen LogP contribution in [-0.4, -0.2) is 108 Å². The maximum absolute atomic E-state index is 17.0. The Morgan fingerprint density at radius 2 is 1.91 bits per heavy atom. The molecule has 2 aromatic heterocycles. The predicted octanol–water partition coefficient (Wildman–Crippen LogP) is 7.36. The summed E-state index contributed by atoms with van der Waals surface area (Å²) in [5.41, 5.74) is 5.52. The fourth-order valence-electron chi connectivity index (χ4n) is 6.81. The minimum absolute atomic E-state index is 0.00746. The van der Waals surface area contributed by atoms with Gasteiger partial charge in [0.1, 0.15) is 29.4 Å². The molecule has 17 heteroatoms. The summed E-state index contributed by atoms with van der Waals surface area (Å²) in [6.45, 7) is 16.9. The number of nitrogens with zero attached hydrogens (tertiary/aromatic N) is 6. The number of nitrogen functional groups attached to an aromatic ring is 1. The van der Waals surface area contributed by atoms with Gasteiger partial charge in [-0.1, -0.05) is 17.7 Å². The lowest BCUT2D eigenvalue weighted by Gasteiger charge is -2.36. The number of amides is 1. The van der Waals surface area contributed by atoms with Crippen LogP contribution in [0.15, 0.2) is 18.2 Å². The predicted molar refractivity (Wildman–Crippen MR) is 204 cm³/mol. The van der Waals surface area contributed by atoms with Crippen LogP contribution >= 0.6 is 22.9 Å². The molecule has 2 saturated heterocycles. The third kappa shape index (κ3) is 8.54. The van der Waals surface area contributed by atoms with E-state index in [1.165, 1.54) is 12.1 Å². The number of fused-ring (bicyclic) bond motifs is 2. The highest BCUT2D eigenvalue weighted by Crippen LogP contribution is 2.49. The zero-order valence-corrected chi connectivity index (χ0v) is 31.9. The molecule has 6 rings (SSSR count). The number of carbonyl (C=O) groups excluding carboxylic acids is 1. The van der Waals surface area contributed by atoms with Crippen LogP contribution in [0.2, 0.25) is 5.02 Å². The Balaban J connectivity index is 1.33. The quantitative estimate of drug-likeness (QED) is 0.110. The number of hydrogen-bond acceptors (Lipinski definition) is 11. The minimum Gasteiger partial charge on any atom is -0.481 e. The van der Waals surface area contributed by atoms with E-state index in [0.717, 1.165) is 43.7 Å². The zero-order valence-electron chi connectivity index (χ0n) is 30.3. The zero-order chi connectivity index (χ0) is 38.7. The highest BCUT2D eigenvalue weighted by molar-refractivity contribution is 7.23. The van der Waals surface area contributed by atoms with Gasteiger partial charge in [-0.15, -0.1) is 11.3 Å². The molecule has 2 aromatic carbocycles. The third-order valence-electron chi connectivity index (χ3n) is 9.34. The van der Waals surface area contributed by atoms with Crippen molar-refractivity contribution in [3.05, 3.63) is 46.3 Å². The van der Waals surface area contributed by atoms with Crippen LogP contribution < -0.4 is 15.4 Å². The van der Waals surface area contributed by atoms with Gasteiger partial charge in [-0.3, -0.25) is 9.69 Å². The molecule has 1 atom stereocenters. The van der Waals surface area contributed by atoms with Gasteiger partial charge in [-0.25, -0.2) is 18.4 Å². The Morgan fingerprint density at radius 3 is 2.61 bits per heavy atom. The van der Waals surface area contributed by atoms with Gasteiger partial charge >= 0.3 is 18.1 Å². The van der Waals surface area contributed by atoms with E-state index in [1.807, 2.05) is 4.90 Å². The van der Waals surface area contributed by atoms with E-state index in [2.05, 4.69) is 14.7 Å². The molecule has 4 aromatic rings. The standard InChI is InChI=1S/C37H42ClF2N7O6S/c1-37(2,3)53-36(50)47-15-13-46(14-16-47)34-23-19-24(38)27(22-8-9-25(39)32-28(22)31(42-4)33(41)54-32)29(40)30(23)43-35(44-34)52-20-21-7-5-11-45(21)12-6-17-51-18-10-26(48)49/h8-9,19,21H,5-7,10-18,20,41H2,1-3H3,(H,48,49)/t21-/m0/s1. The average Bonchev–Trinajstić information content (AvgIpc) is 3.72. The second kappa shape index (κ2) is 16.4. The molecule has 13 nitrogen and oxygen atoms in total. The van der Waals surface area contributed by atoms with Gasteiger partial charge in [0, 0.05) is 61.7 Å². The van der Waals surface area contributed by atoms with Crippen molar-refractivity contribution in [3.63, 3.8) is 0 Å². The van der Waals surface area contributed by atoms with Crippen LogP contribution in [0.4, 0.5) is 30.1 Å². The first-order valence-electron chi connectivity index (χ1n) is 17.7. The Bertz CT molecular complexity index is 2100. The molecular weight excluding hydrogens is 744 g/mol. The number of carboxylic acid groups (broad SMARTS) is 1. The number of hydrogen-bond donors (Lipinski definition) is 2. The highest BCUT2D eigenvalue weighted by atomic mass is 35.5. The molecule has 0 aliphatic carbocycles. The number of carboxylic acids is 1. The molecule has 0 bridgehead atoms. The molecule has 288 valence electrons. The minimum atomic E-state index is -0.900. The van der Waals surface area contributed by atoms with Crippen molar-refractivity contribution in [2.75, 3.05) is 69.7 Å². The van der Waals surface area contributed by atoms with E-state index in [-0.39, 0.29) is 74.1 Å². The number of piperazine rings is 1. The molecule has 0 unspecified atom stereocenters. The Labute approximate surface area is 320 Å².